The van der Waals surface area contributed by atoms with E-state index in [4.69, 9.17) is 4.74 Å². The van der Waals surface area contributed by atoms with Crippen LogP contribution in [0, 0.1) is 0 Å². The van der Waals surface area contributed by atoms with Crippen molar-refractivity contribution in [1.29, 1.82) is 0 Å². The molecule has 2 fully saturated rings. The third kappa shape index (κ3) is 4.26. The highest BCUT2D eigenvalue weighted by molar-refractivity contribution is 6.35. The smallest absolute Gasteiger partial charge is 0.338 e. The van der Waals surface area contributed by atoms with Crippen LogP contribution < -0.4 is 15.6 Å². The van der Waals surface area contributed by atoms with Crippen LogP contribution in [0.15, 0.2) is 54.6 Å². The lowest BCUT2D eigenvalue weighted by Gasteiger charge is -2.40. The fraction of sp³-hybridized carbons (Fsp3) is 0.273. The quantitative estimate of drug-likeness (QED) is 0.508. The van der Waals surface area contributed by atoms with Crippen molar-refractivity contribution in [3.63, 3.8) is 0 Å². The lowest BCUT2D eigenvalue weighted by atomic mass is 10.2. The lowest BCUT2D eigenvalue weighted by Crippen LogP contribution is -2.68. The first kappa shape index (κ1) is 21.3. The Bertz CT molecular complexity index is 1030. The Labute approximate surface area is 184 Å². The number of ether oxygens (including phenoxy) is 1. The van der Waals surface area contributed by atoms with Gasteiger partial charge < -0.3 is 15.0 Å². The van der Waals surface area contributed by atoms with Gasteiger partial charge in [-0.05, 0) is 43.3 Å². The summed E-state index contributed by atoms with van der Waals surface area (Å²) in [5.74, 6) is -2.38. The van der Waals surface area contributed by atoms with Gasteiger partial charge in [0.2, 0.25) is 5.91 Å². The molecule has 10 heteroatoms. The van der Waals surface area contributed by atoms with Crippen molar-refractivity contribution < 1.29 is 23.9 Å². The van der Waals surface area contributed by atoms with Crippen LogP contribution in [0.3, 0.4) is 0 Å². The van der Waals surface area contributed by atoms with E-state index in [1.54, 1.807) is 19.1 Å². The van der Waals surface area contributed by atoms with Gasteiger partial charge in [0.25, 0.3) is 0 Å². The van der Waals surface area contributed by atoms with Gasteiger partial charge in [0.05, 0.1) is 12.2 Å². The number of rotatable bonds is 6. The number of hydrogen-bond donors (Lipinski definition) is 2. The van der Waals surface area contributed by atoms with Crippen molar-refractivity contribution in [3.8, 4) is 0 Å². The van der Waals surface area contributed by atoms with Crippen molar-refractivity contribution in [2.75, 3.05) is 36.5 Å². The number of para-hydroxylation sites is 1. The molecule has 3 amide bonds. The molecular weight excluding hydrogens is 414 g/mol. The third-order valence-electron chi connectivity index (χ3n) is 5.20. The zero-order valence-electron chi connectivity index (χ0n) is 17.5. The number of hydrazine groups is 1. The first-order valence-electron chi connectivity index (χ1n) is 10.3. The van der Waals surface area contributed by atoms with E-state index < -0.39 is 30.0 Å². The summed E-state index contributed by atoms with van der Waals surface area (Å²) in [6.07, 6.45) is -0.556. The van der Waals surface area contributed by atoms with Crippen LogP contribution in [0.1, 0.15) is 17.3 Å². The largest absolute Gasteiger partial charge is 0.462 e. The highest BCUT2D eigenvalue weighted by Crippen LogP contribution is 2.24. The second-order valence-corrected chi connectivity index (χ2v) is 7.27. The van der Waals surface area contributed by atoms with Gasteiger partial charge in [-0.2, -0.15) is 5.43 Å². The Morgan fingerprint density at radius 1 is 1.00 bits per heavy atom. The van der Waals surface area contributed by atoms with E-state index in [0.29, 0.717) is 24.3 Å². The van der Waals surface area contributed by atoms with Gasteiger partial charge >= 0.3 is 17.8 Å². The van der Waals surface area contributed by atoms with Gasteiger partial charge in [0, 0.05) is 24.5 Å². The summed E-state index contributed by atoms with van der Waals surface area (Å²) in [6, 6.07) is 15.7. The van der Waals surface area contributed by atoms with E-state index in [1.807, 2.05) is 35.2 Å². The third-order valence-corrected chi connectivity index (χ3v) is 5.20. The molecule has 2 aliphatic heterocycles. The SMILES string of the molecule is CCOC(=O)c1ccc(NC(=O)CN2NC3N(CCN3c3ccccc3)C(=O)C2=O)cc1. The van der Waals surface area contributed by atoms with Gasteiger partial charge in [-0.1, -0.05) is 18.2 Å². The van der Waals surface area contributed by atoms with Gasteiger partial charge in [0.15, 0.2) is 6.29 Å². The molecule has 32 heavy (non-hydrogen) atoms. The number of fused-ring (bicyclic) bond motifs is 1. The average Bonchev–Trinajstić information content (AvgIpc) is 3.22. The molecule has 1 unspecified atom stereocenters. The first-order chi connectivity index (χ1) is 15.5. The summed E-state index contributed by atoms with van der Waals surface area (Å²) in [5.41, 5.74) is 4.71. The standard InChI is InChI=1S/C22H23N5O5/c1-2-32-21(31)15-8-10-16(11-9-15)23-18(28)14-27-20(30)19(29)26-13-12-25(22(26)24-27)17-6-4-3-5-7-17/h3-11,22,24H,2,12-14H2,1H3,(H,23,28). The number of nitrogens with zero attached hydrogens (tertiary/aromatic N) is 3. The van der Waals surface area contributed by atoms with E-state index >= 15 is 0 Å². The molecule has 4 rings (SSSR count). The molecule has 1 atom stereocenters. The molecule has 2 aromatic rings. The fourth-order valence-electron chi connectivity index (χ4n) is 3.67. The van der Waals surface area contributed by atoms with E-state index in [1.165, 1.54) is 17.0 Å². The summed E-state index contributed by atoms with van der Waals surface area (Å²) in [4.78, 5) is 52.7. The highest BCUT2D eigenvalue weighted by atomic mass is 16.5. The highest BCUT2D eigenvalue weighted by Gasteiger charge is 2.45. The van der Waals surface area contributed by atoms with Crippen molar-refractivity contribution in [1.82, 2.24) is 15.3 Å². The average molecular weight is 437 g/mol. The number of carbonyl (C=O) groups excluding carboxylic acids is 4. The minimum atomic E-state index is -0.788. The number of esters is 1. The molecule has 2 N–H and O–H groups in total. The summed E-state index contributed by atoms with van der Waals surface area (Å²) in [5, 5.41) is 3.70. The Balaban J connectivity index is 1.41. The number of amides is 3. The predicted octanol–water partition coefficient (Wildman–Crippen LogP) is 0.781. The fourth-order valence-corrected chi connectivity index (χ4v) is 3.67. The zero-order valence-corrected chi connectivity index (χ0v) is 17.5. The predicted molar refractivity (Wildman–Crippen MR) is 115 cm³/mol. The second kappa shape index (κ2) is 9.06. The van der Waals surface area contributed by atoms with Gasteiger partial charge in [-0.15, -0.1) is 0 Å². The summed E-state index contributed by atoms with van der Waals surface area (Å²) in [6.45, 7) is 2.61. The van der Waals surface area contributed by atoms with Crippen LogP contribution in [-0.4, -0.2) is 66.1 Å². The Morgan fingerprint density at radius 3 is 2.38 bits per heavy atom. The van der Waals surface area contributed by atoms with E-state index in [9.17, 15) is 19.2 Å². The van der Waals surface area contributed by atoms with Crippen molar-refractivity contribution in [2.45, 2.75) is 13.2 Å². The van der Waals surface area contributed by atoms with Crippen LogP contribution in [0.5, 0.6) is 0 Å². The molecule has 2 aromatic carbocycles. The second-order valence-electron chi connectivity index (χ2n) is 7.27. The van der Waals surface area contributed by atoms with Gasteiger partial charge in [-0.3, -0.25) is 24.3 Å². The molecule has 10 nitrogen and oxygen atoms in total. The van der Waals surface area contributed by atoms with E-state index in [0.717, 1.165) is 10.7 Å². The molecule has 0 aromatic heterocycles. The van der Waals surface area contributed by atoms with Crippen molar-refractivity contribution in [2.24, 2.45) is 0 Å². The molecule has 0 aliphatic carbocycles. The molecule has 0 spiro atoms. The Morgan fingerprint density at radius 2 is 1.69 bits per heavy atom. The summed E-state index contributed by atoms with van der Waals surface area (Å²) >= 11 is 0. The van der Waals surface area contributed by atoms with E-state index in [2.05, 4.69) is 10.7 Å². The zero-order chi connectivity index (χ0) is 22.7. The molecular formula is C22H23N5O5. The van der Waals surface area contributed by atoms with Crippen molar-refractivity contribution >= 4 is 35.1 Å². The monoisotopic (exact) mass is 437 g/mol. The molecule has 2 aliphatic rings. The van der Waals surface area contributed by atoms with Crippen LogP contribution in [-0.2, 0) is 19.1 Å². The minimum absolute atomic E-state index is 0.271. The summed E-state index contributed by atoms with van der Waals surface area (Å²) < 4.78 is 4.93. The lowest BCUT2D eigenvalue weighted by molar-refractivity contribution is -0.163. The Hall–Kier alpha value is -3.92. The molecule has 2 heterocycles. The molecule has 2 saturated heterocycles. The van der Waals surface area contributed by atoms with Crippen molar-refractivity contribution in [3.05, 3.63) is 60.2 Å². The normalized spacial score (nSPS) is 17.9. The maximum atomic E-state index is 12.6. The van der Waals surface area contributed by atoms with E-state index in [-0.39, 0.29) is 13.2 Å². The maximum Gasteiger partial charge on any atom is 0.338 e. The molecule has 0 radical (unpaired) electrons. The molecule has 0 saturated carbocycles. The number of hydrogen-bond acceptors (Lipinski definition) is 7. The van der Waals surface area contributed by atoms with Crippen LogP contribution in [0.2, 0.25) is 0 Å². The summed E-state index contributed by atoms with van der Waals surface area (Å²) in [7, 11) is 0. The number of anilines is 2. The topological polar surface area (TPSA) is 111 Å². The molecule has 166 valence electrons. The maximum absolute atomic E-state index is 12.6. The number of nitrogens with one attached hydrogen (secondary N) is 2. The van der Waals surface area contributed by atoms with Crippen LogP contribution >= 0.6 is 0 Å². The first-order valence-corrected chi connectivity index (χ1v) is 10.3. The number of benzene rings is 2. The number of carbonyl (C=O) groups is 4. The van der Waals surface area contributed by atoms with Gasteiger partial charge in [0.1, 0.15) is 6.54 Å². The minimum Gasteiger partial charge on any atom is -0.462 e. The Kier molecular flexibility index (Phi) is 6.04. The molecule has 0 bridgehead atoms. The van der Waals surface area contributed by atoms with Crippen LogP contribution in [0.4, 0.5) is 11.4 Å². The van der Waals surface area contributed by atoms with Crippen LogP contribution in [0.25, 0.3) is 0 Å². The van der Waals surface area contributed by atoms with Gasteiger partial charge in [-0.25, -0.2) is 4.79 Å².